The Morgan fingerprint density at radius 1 is 1.26 bits per heavy atom. The highest BCUT2D eigenvalue weighted by Crippen LogP contribution is 2.22. The smallest absolute Gasteiger partial charge is 0.216 e. The molecular formula is C22H31IN6O2. The Morgan fingerprint density at radius 2 is 2.10 bits per heavy atom. The number of nitrogens with one attached hydrogen (secondary N) is 3. The summed E-state index contributed by atoms with van der Waals surface area (Å²) in [4.78, 5) is 9.17. The van der Waals surface area contributed by atoms with Crippen molar-refractivity contribution in [2.24, 2.45) is 4.99 Å². The van der Waals surface area contributed by atoms with Crippen LogP contribution in [0.1, 0.15) is 37.7 Å². The van der Waals surface area contributed by atoms with Gasteiger partial charge in [-0.15, -0.1) is 24.0 Å². The molecule has 3 aromatic rings. The molecule has 31 heavy (non-hydrogen) atoms. The number of hydrogen-bond acceptors (Lipinski definition) is 5. The lowest BCUT2D eigenvalue weighted by Crippen LogP contribution is -2.38. The normalized spacial score (nSPS) is 11.3. The highest BCUT2D eigenvalue weighted by atomic mass is 127. The van der Waals surface area contributed by atoms with E-state index in [2.05, 4.69) is 50.9 Å². The summed E-state index contributed by atoms with van der Waals surface area (Å²) in [5.74, 6) is 3.64. The number of hydrogen-bond donors (Lipinski definition) is 3. The fraction of sp³-hybridized carbons (Fsp3) is 0.409. The Balaban J connectivity index is 0.00000341. The number of aryl methyl sites for hydroxylation is 1. The van der Waals surface area contributed by atoms with Crippen LogP contribution >= 0.6 is 24.0 Å². The van der Waals surface area contributed by atoms with Crippen LogP contribution in [-0.4, -0.2) is 40.3 Å². The van der Waals surface area contributed by atoms with Crippen molar-refractivity contribution >= 4 is 29.9 Å². The van der Waals surface area contributed by atoms with E-state index in [1.165, 1.54) is 5.56 Å². The minimum Gasteiger partial charge on any atom is -0.491 e. The summed E-state index contributed by atoms with van der Waals surface area (Å²) in [5, 5.41) is 13.8. The van der Waals surface area contributed by atoms with Gasteiger partial charge in [-0.3, -0.25) is 5.10 Å². The monoisotopic (exact) mass is 538 g/mol. The van der Waals surface area contributed by atoms with E-state index in [9.17, 15) is 0 Å². The first-order valence-corrected chi connectivity index (χ1v) is 10.3. The fourth-order valence-electron chi connectivity index (χ4n) is 2.88. The number of halogens is 1. The van der Waals surface area contributed by atoms with E-state index in [4.69, 9.17) is 14.1 Å². The minimum atomic E-state index is 0. The summed E-state index contributed by atoms with van der Waals surface area (Å²) in [7, 11) is 0. The molecule has 1 aromatic carbocycles. The van der Waals surface area contributed by atoms with E-state index >= 15 is 0 Å². The van der Waals surface area contributed by atoms with E-state index in [1.54, 1.807) is 6.26 Å². The van der Waals surface area contributed by atoms with Gasteiger partial charge >= 0.3 is 0 Å². The molecule has 0 aliphatic heterocycles. The van der Waals surface area contributed by atoms with Gasteiger partial charge in [-0.1, -0.05) is 12.1 Å². The van der Waals surface area contributed by atoms with E-state index in [1.807, 2.05) is 32.9 Å². The van der Waals surface area contributed by atoms with E-state index in [-0.39, 0.29) is 30.1 Å². The van der Waals surface area contributed by atoms with Crippen molar-refractivity contribution < 1.29 is 9.15 Å². The lowest BCUT2D eigenvalue weighted by Gasteiger charge is -2.15. The first-order chi connectivity index (χ1) is 14.5. The summed E-state index contributed by atoms with van der Waals surface area (Å²) in [5.41, 5.74) is 2.23. The topological polar surface area (TPSA) is 100 Å². The molecule has 0 atom stereocenters. The number of benzene rings is 1. The maximum Gasteiger partial charge on any atom is 0.216 e. The van der Waals surface area contributed by atoms with Crippen LogP contribution in [0.25, 0.3) is 11.6 Å². The molecule has 0 saturated heterocycles. The maximum absolute atomic E-state index is 5.95. The van der Waals surface area contributed by atoms with Gasteiger partial charge in [0.2, 0.25) is 5.82 Å². The van der Waals surface area contributed by atoms with Gasteiger partial charge in [0.25, 0.3) is 0 Å². The molecule has 0 aliphatic carbocycles. The second kappa shape index (κ2) is 12.3. The Kier molecular flexibility index (Phi) is 9.83. The highest BCUT2D eigenvalue weighted by Gasteiger charge is 2.09. The largest absolute Gasteiger partial charge is 0.491 e. The minimum absolute atomic E-state index is 0. The number of aromatic nitrogens is 3. The summed E-state index contributed by atoms with van der Waals surface area (Å²) >= 11 is 0. The van der Waals surface area contributed by atoms with Gasteiger partial charge in [0.05, 0.1) is 18.9 Å². The van der Waals surface area contributed by atoms with Crippen LogP contribution < -0.4 is 15.4 Å². The van der Waals surface area contributed by atoms with Gasteiger partial charge in [0.15, 0.2) is 11.7 Å². The number of nitrogens with zero attached hydrogens (tertiary/aromatic N) is 3. The number of H-pyrrole nitrogens is 1. The van der Waals surface area contributed by atoms with Gasteiger partial charge in [-0.2, -0.15) is 5.10 Å². The molecule has 8 nitrogen and oxygen atoms in total. The summed E-state index contributed by atoms with van der Waals surface area (Å²) < 4.78 is 11.3. The third kappa shape index (κ3) is 7.57. The SMILES string of the molecule is CCNC(=NCc1ccc(C)cc1OC(C)C)NCCc1nc(-c2ccco2)n[nH]1.I. The van der Waals surface area contributed by atoms with E-state index in [0.29, 0.717) is 31.1 Å². The third-order valence-corrected chi connectivity index (χ3v) is 4.26. The number of ether oxygens (including phenoxy) is 1. The molecule has 0 unspecified atom stereocenters. The van der Waals surface area contributed by atoms with Crippen LogP contribution in [0.4, 0.5) is 0 Å². The molecular weight excluding hydrogens is 507 g/mol. The van der Waals surface area contributed by atoms with Crippen LogP contribution in [0.15, 0.2) is 46.0 Å². The molecule has 0 amide bonds. The van der Waals surface area contributed by atoms with Crippen molar-refractivity contribution in [1.29, 1.82) is 0 Å². The molecule has 0 bridgehead atoms. The zero-order chi connectivity index (χ0) is 21.3. The van der Waals surface area contributed by atoms with Crippen molar-refractivity contribution in [2.45, 2.75) is 46.8 Å². The Bertz CT molecular complexity index is 953. The first-order valence-electron chi connectivity index (χ1n) is 10.3. The zero-order valence-corrected chi connectivity index (χ0v) is 20.8. The number of rotatable bonds is 9. The van der Waals surface area contributed by atoms with Gasteiger partial charge in [-0.25, -0.2) is 9.98 Å². The van der Waals surface area contributed by atoms with Crippen molar-refractivity contribution in [3.05, 3.63) is 53.5 Å². The van der Waals surface area contributed by atoms with Gasteiger partial charge in [0, 0.05) is 25.1 Å². The zero-order valence-electron chi connectivity index (χ0n) is 18.4. The Labute approximate surface area is 200 Å². The Hall–Kier alpha value is -2.56. The van der Waals surface area contributed by atoms with Crippen molar-refractivity contribution in [2.75, 3.05) is 13.1 Å². The second-order valence-electron chi connectivity index (χ2n) is 7.23. The van der Waals surface area contributed by atoms with Gasteiger partial charge < -0.3 is 19.8 Å². The predicted octanol–water partition coefficient (Wildman–Crippen LogP) is 4.08. The Morgan fingerprint density at radius 3 is 2.81 bits per heavy atom. The standard InChI is InChI=1S/C22H30N6O2.HI/c1-5-23-22(25-14-17-9-8-16(4)13-19(17)30-15(2)3)24-11-10-20-26-21(28-27-20)18-7-6-12-29-18;/h6-9,12-13,15H,5,10-11,14H2,1-4H3,(H2,23,24,25)(H,26,27,28);1H. The predicted molar refractivity (Wildman–Crippen MR) is 133 cm³/mol. The van der Waals surface area contributed by atoms with Crippen molar-refractivity contribution in [3.63, 3.8) is 0 Å². The molecule has 0 radical (unpaired) electrons. The lowest BCUT2D eigenvalue weighted by molar-refractivity contribution is 0.240. The number of furan rings is 1. The van der Waals surface area contributed by atoms with Crippen LogP contribution in [0.2, 0.25) is 0 Å². The highest BCUT2D eigenvalue weighted by molar-refractivity contribution is 14.0. The number of guanidine groups is 1. The summed E-state index contributed by atoms with van der Waals surface area (Å²) in [6, 6.07) is 9.87. The summed E-state index contributed by atoms with van der Waals surface area (Å²) in [6.07, 6.45) is 2.41. The van der Waals surface area contributed by atoms with E-state index in [0.717, 1.165) is 29.6 Å². The van der Waals surface area contributed by atoms with E-state index < -0.39 is 0 Å². The van der Waals surface area contributed by atoms with Crippen molar-refractivity contribution in [1.82, 2.24) is 25.8 Å². The second-order valence-corrected chi connectivity index (χ2v) is 7.23. The number of aliphatic imine (C=N–C) groups is 1. The van der Waals surface area contributed by atoms with Crippen LogP contribution in [0.3, 0.4) is 0 Å². The lowest BCUT2D eigenvalue weighted by atomic mass is 10.1. The van der Waals surface area contributed by atoms with Crippen LogP contribution in [0, 0.1) is 6.92 Å². The molecule has 3 N–H and O–H groups in total. The quantitative estimate of drug-likeness (QED) is 0.216. The third-order valence-electron chi connectivity index (χ3n) is 4.26. The average Bonchev–Trinajstić information content (AvgIpc) is 3.38. The fourth-order valence-corrected chi connectivity index (χ4v) is 2.88. The first kappa shape index (κ1) is 24.7. The molecule has 3 rings (SSSR count). The van der Waals surface area contributed by atoms with Crippen molar-refractivity contribution in [3.8, 4) is 17.3 Å². The summed E-state index contributed by atoms with van der Waals surface area (Å²) in [6.45, 7) is 10.1. The molecule has 0 saturated carbocycles. The number of aromatic amines is 1. The molecule has 2 aromatic heterocycles. The molecule has 2 heterocycles. The average molecular weight is 538 g/mol. The van der Waals surface area contributed by atoms with Crippen LogP contribution in [0.5, 0.6) is 5.75 Å². The molecule has 0 spiro atoms. The molecule has 9 heteroatoms. The molecule has 168 valence electrons. The van der Waals surface area contributed by atoms with Crippen LogP contribution in [-0.2, 0) is 13.0 Å². The van der Waals surface area contributed by atoms with Gasteiger partial charge in [-0.05, 0) is 51.5 Å². The molecule has 0 aliphatic rings. The maximum atomic E-state index is 5.95. The molecule has 0 fully saturated rings. The van der Waals surface area contributed by atoms with Gasteiger partial charge in [0.1, 0.15) is 11.6 Å².